The normalized spacial score (nSPS) is 11.8. The Morgan fingerprint density at radius 1 is 1.06 bits per heavy atom. The van der Waals surface area contributed by atoms with Crippen molar-refractivity contribution in [3.8, 4) is 0 Å². The monoisotopic (exact) mass is 253 g/mol. The number of hydrogen-bond donors (Lipinski definition) is 1. The Labute approximate surface area is 95.6 Å². The predicted molar refractivity (Wildman–Crippen MR) is 53.4 cm³/mol. The lowest BCUT2D eigenvalue weighted by atomic mass is 10.2. The Morgan fingerprint density at radius 3 is 2.18 bits per heavy atom. The highest BCUT2D eigenvalue weighted by Crippen LogP contribution is 2.20. The van der Waals surface area contributed by atoms with Crippen molar-refractivity contribution in [1.82, 2.24) is 5.32 Å². The van der Waals surface area contributed by atoms with Crippen LogP contribution in [-0.4, -0.2) is 12.7 Å². The van der Waals surface area contributed by atoms with Gasteiger partial charge in [0.15, 0.2) is 0 Å². The van der Waals surface area contributed by atoms with Gasteiger partial charge in [0.25, 0.3) is 0 Å². The minimum Gasteiger partial charge on any atom is -0.312 e. The summed E-state index contributed by atoms with van der Waals surface area (Å²) < 4.78 is 61.5. The molecular weight excluding hydrogens is 241 g/mol. The highest BCUT2D eigenvalue weighted by molar-refractivity contribution is 5.19. The molecule has 0 unspecified atom stereocenters. The number of benzene rings is 1. The second-order valence-electron chi connectivity index (χ2n) is 3.60. The van der Waals surface area contributed by atoms with Crippen LogP contribution in [0, 0.1) is 11.6 Å². The molecule has 0 aliphatic rings. The maximum atomic E-state index is 13.1. The standard InChI is InChI=1S/C11H12F5N/c12-9-3-1-4-10(13)8(9)7-17-6-2-5-11(14,15)16/h1,3-4,17H,2,5-7H2. The minimum atomic E-state index is -4.19. The van der Waals surface area contributed by atoms with E-state index < -0.39 is 24.2 Å². The van der Waals surface area contributed by atoms with Crippen molar-refractivity contribution in [1.29, 1.82) is 0 Å². The molecular formula is C11H12F5N. The third-order valence-electron chi connectivity index (χ3n) is 2.18. The minimum absolute atomic E-state index is 0.0628. The molecule has 0 aromatic heterocycles. The average Bonchev–Trinajstić information content (AvgIpc) is 2.20. The summed E-state index contributed by atoms with van der Waals surface area (Å²) in [5.41, 5.74) is -0.153. The van der Waals surface area contributed by atoms with Crippen LogP contribution in [0.4, 0.5) is 22.0 Å². The molecule has 0 bridgehead atoms. The van der Waals surface area contributed by atoms with Crippen LogP contribution in [0.5, 0.6) is 0 Å². The van der Waals surface area contributed by atoms with Crippen LogP contribution in [0.25, 0.3) is 0 Å². The third-order valence-corrected chi connectivity index (χ3v) is 2.18. The summed E-state index contributed by atoms with van der Waals surface area (Å²) in [7, 11) is 0. The van der Waals surface area contributed by atoms with Crippen LogP contribution >= 0.6 is 0 Å². The number of halogens is 5. The Kier molecular flexibility index (Phi) is 4.86. The van der Waals surface area contributed by atoms with Gasteiger partial charge in [-0.25, -0.2) is 8.78 Å². The van der Waals surface area contributed by atoms with Gasteiger partial charge in [-0.3, -0.25) is 0 Å². The molecule has 0 saturated carbocycles. The smallest absolute Gasteiger partial charge is 0.312 e. The van der Waals surface area contributed by atoms with E-state index in [1.165, 1.54) is 6.07 Å². The molecule has 1 aromatic rings. The summed E-state index contributed by atoms with van der Waals surface area (Å²) in [6.45, 7) is -0.0519. The lowest BCUT2D eigenvalue weighted by Gasteiger charge is -2.08. The van der Waals surface area contributed by atoms with Crippen LogP contribution in [0.2, 0.25) is 0 Å². The fraction of sp³-hybridized carbons (Fsp3) is 0.455. The molecule has 96 valence electrons. The molecule has 0 spiro atoms. The van der Waals surface area contributed by atoms with Crippen molar-refractivity contribution in [3.63, 3.8) is 0 Å². The Morgan fingerprint density at radius 2 is 1.65 bits per heavy atom. The van der Waals surface area contributed by atoms with Crippen molar-refractivity contribution in [2.24, 2.45) is 0 Å². The second kappa shape index (κ2) is 5.95. The van der Waals surface area contributed by atoms with E-state index in [-0.39, 0.29) is 25.1 Å². The summed E-state index contributed by atoms with van der Waals surface area (Å²) in [6, 6.07) is 3.45. The first-order chi connectivity index (χ1) is 7.90. The molecule has 0 aliphatic carbocycles. The first kappa shape index (κ1) is 13.9. The van der Waals surface area contributed by atoms with Gasteiger partial charge in [-0.1, -0.05) is 6.07 Å². The zero-order valence-electron chi connectivity index (χ0n) is 8.95. The Bertz CT molecular complexity index is 341. The van der Waals surface area contributed by atoms with Gasteiger partial charge in [0, 0.05) is 18.5 Å². The number of nitrogens with one attached hydrogen (secondary N) is 1. The molecule has 0 fully saturated rings. The molecule has 1 N–H and O–H groups in total. The number of hydrogen-bond acceptors (Lipinski definition) is 1. The molecule has 17 heavy (non-hydrogen) atoms. The van der Waals surface area contributed by atoms with E-state index in [9.17, 15) is 22.0 Å². The molecule has 0 heterocycles. The van der Waals surface area contributed by atoms with E-state index in [0.29, 0.717) is 0 Å². The van der Waals surface area contributed by atoms with Gasteiger partial charge in [-0.2, -0.15) is 13.2 Å². The number of rotatable bonds is 5. The molecule has 1 aromatic carbocycles. The van der Waals surface area contributed by atoms with E-state index in [0.717, 1.165) is 12.1 Å². The van der Waals surface area contributed by atoms with Crippen LogP contribution in [-0.2, 0) is 6.54 Å². The Hall–Kier alpha value is -1.17. The zero-order valence-corrected chi connectivity index (χ0v) is 8.95. The summed E-state index contributed by atoms with van der Waals surface area (Å²) in [5.74, 6) is -1.40. The first-order valence-corrected chi connectivity index (χ1v) is 5.10. The maximum Gasteiger partial charge on any atom is 0.389 e. The molecule has 1 rings (SSSR count). The van der Waals surface area contributed by atoms with Gasteiger partial charge in [0.1, 0.15) is 11.6 Å². The van der Waals surface area contributed by atoms with Gasteiger partial charge in [0.2, 0.25) is 0 Å². The van der Waals surface area contributed by atoms with Crippen LogP contribution in [0.3, 0.4) is 0 Å². The quantitative estimate of drug-likeness (QED) is 0.626. The van der Waals surface area contributed by atoms with Crippen molar-refractivity contribution < 1.29 is 22.0 Å². The summed E-state index contributed by atoms with van der Waals surface area (Å²) in [4.78, 5) is 0. The van der Waals surface area contributed by atoms with Crippen molar-refractivity contribution >= 4 is 0 Å². The average molecular weight is 253 g/mol. The van der Waals surface area contributed by atoms with Crippen LogP contribution in [0.15, 0.2) is 18.2 Å². The second-order valence-corrected chi connectivity index (χ2v) is 3.60. The van der Waals surface area contributed by atoms with Crippen molar-refractivity contribution in [3.05, 3.63) is 35.4 Å². The maximum absolute atomic E-state index is 13.1. The molecule has 6 heteroatoms. The SMILES string of the molecule is Fc1cccc(F)c1CNCCCC(F)(F)F. The van der Waals surface area contributed by atoms with Crippen molar-refractivity contribution in [2.45, 2.75) is 25.6 Å². The highest BCUT2D eigenvalue weighted by atomic mass is 19.4. The molecule has 0 aliphatic heterocycles. The molecule has 0 amide bonds. The lowest BCUT2D eigenvalue weighted by Crippen LogP contribution is -2.19. The van der Waals surface area contributed by atoms with Gasteiger partial charge < -0.3 is 5.32 Å². The van der Waals surface area contributed by atoms with Crippen LogP contribution < -0.4 is 5.32 Å². The highest BCUT2D eigenvalue weighted by Gasteiger charge is 2.25. The van der Waals surface area contributed by atoms with Gasteiger partial charge in [-0.05, 0) is 25.1 Å². The fourth-order valence-electron chi connectivity index (χ4n) is 1.33. The summed E-state index contributed by atoms with van der Waals surface area (Å²) in [5, 5.41) is 2.58. The predicted octanol–water partition coefficient (Wildman–Crippen LogP) is 3.40. The lowest BCUT2D eigenvalue weighted by molar-refractivity contribution is -0.135. The summed E-state index contributed by atoms with van der Waals surface area (Å²) >= 11 is 0. The molecule has 1 nitrogen and oxygen atoms in total. The molecule has 0 radical (unpaired) electrons. The van der Waals surface area contributed by atoms with Gasteiger partial charge in [0.05, 0.1) is 0 Å². The Balaban J connectivity index is 2.32. The summed E-state index contributed by atoms with van der Waals surface area (Å²) in [6.07, 6.45) is -5.20. The van der Waals surface area contributed by atoms with E-state index in [1.54, 1.807) is 0 Å². The third kappa shape index (κ3) is 5.12. The largest absolute Gasteiger partial charge is 0.389 e. The van der Waals surface area contributed by atoms with E-state index in [2.05, 4.69) is 5.32 Å². The fourth-order valence-corrected chi connectivity index (χ4v) is 1.33. The van der Waals surface area contributed by atoms with Crippen LogP contribution in [0.1, 0.15) is 18.4 Å². The van der Waals surface area contributed by atoms with Gasteiger partial charge >= 0.3 is 6.18 Å². The van der Waals surface area contributed by atoms with E-state index >= 15 is 0 Å². The van der Waals surface area contributed by atoms with E-state index in [1.807, 2.05) is 0 Å². The van der Waals surface area contributed by atoms with Crippen molar-refractivity contribution in [2.75, 3.05) is 6.54 Å². The van der Waals surface area contributed by atoms with Gasteiger partial charge in [-0.15, -0.1) is 0 Å². The molecule has 0 saturated heterocycles. The molecule has 0 atom stereocenters. The zero-order chi connectivity index (χ0) is 12.9. The first-order valence-electron chi connectivity index (χ1n) is 5.10. The topological polar surface area (TPSA) is 12.0 Å². The van der Waals surface area contributed by atoms with E-state index in [4.69, 9.17) is 0 Å². The number of alkyl halides is 3.